The largest absolute Gasteiger partial charge is 0.489 e. The van der Waals surface area contributed by atoms with Crippen LogP contribution in [-0.2, 0) is 16.2 Å². The molecule has 0 radical (unpaired) electrons. The zero-order valence-electron chi connectivity index (χ0n) is 15.1. The number of nitrogens with one attached hydrogen (secondary N) is 1. The molecular formula is C20H24N2O3. The van der Waals surface area contributed by atoms with Gasteiger partial charge in [-0.15, -0.1) is 0 Å². The molecule has 2 aromatic rings. The molecule has 0 unspecified atom stereocenters. The van der Waals surface area contributed by atoms with Gasteiger partial charge in [0.15, 0.2) is 0 Å². The van der Waals surface area contributed by atoms with E-state index in [1.165, 1.54) is 17.4 Å². The van der Waals surface area contributed by atoms with Crippen molar-refractivity contribution in [3.8, 4) is 5.75 Å². The van der Waals surface area contributed by atoms with Crippen molar-refractivity contribution in [2.45, 2.75) is 27.4 Å². The molecule has 132 valence electrons. The molecule has 0 atom stereocenters. The van der Waals surface area contributed by atoms with Crippen molar-refractivity contribution < 1.29 is 14.3 Å². The quantitative estimate of drug-likeness (QED) is 0.878. The molecule has 0 aliphatic heterocycles. The highest BCUT2D eigenvalue weighted by atomic mass is 16.5. The molecule has 0 fully saturated rings. The maximum Gasteiger partial charge on any atom is 0.243 e. The molecular weight excluding hydrogens is 316 g/mol. The van der Waals surface area contributed by atoms with Crippen LogP contribution in [0.3, 0.4) is 0 Å². The summed E-state index contributed by atoms with van der Waals surface area (Å²) in [6.07, 6.45) is 0. The Morgan fingerprint density at radius 1 is 1.12 bits per heavy atom. The molecule has 0 aromatic heterocycles. The van der Waals surface area contributed by atoms with E-state index in [0.29, 0.717) is 12.3 Å². The van der Waals surface area contributed by atoms with Crippen molar-refractivity contribution in [1.82, 2.24) is 4.90 Å². The highest BCUT2D eigenvalue weighted by molar-refractivity contribution is 5.94. The summed E-state index contributed by atoms with van der Waals surface area (Å²) in [6, 6.07) is 13.7. The van der Waals surface area contributed by atoms with Crippen molar-refractivity contribution in [3.63, 3.8) is 0 Å². The standard InChI is InChI=1S/C20H24N2O3/c1-14-6-5-7-17(10-14)13-25-18-8-9-19(15(2)11-18)21-20(24)12-22(4)16(3)23/h5-11H,12-13H2,1-4H3,(H,21,24). The molecule has 0 aliphatic rings. The van der Waals surface area contributed by atoms with E-state index in [1.807, 2.05) is 37.3 Å². The number of hydrogen-bond donors (Lipinski definition) is 1. The van der Waals surface area contributed by atoms with Gasteiger partial charge in [0.05, 0.1) is 6.54 Å². The molecule has 0 aliphatic carbocycles. The van der Waals surface area contributed by atoms with Gasteiger partial charge in [-0.1, -0.05) is 29.8 Å². The summed E-state index contributed by atoms with van der Waals surface area (Å²) in [5.74, 6) is 0.374. The summed E-state index contributed by atoms with van der Waals surface area (Å²) in [6.45, 7) is 5.91. The Labute approximate surface area is 148 Å². The molecule has 2 aromatic carbocycles. The van der Waals surface area contributed by atoms with E-state index in [-0.39, 0.29) is 18.4 Å². The summed E-state index contributed by atoms with van der Waals surface area (Å²) in [5, 5.41) is 2.82. The second-order valence-corrected chi connectivity index (χ2v) is 6.18. The van der Waals surface area contributed by atoms with Crippen molar-refractivity contribution in [2.75, 3.05) is 18.9 Å². The smallest absolute Gasteiger partial charge is 0.243 e. The molecule has 0 spiro atoms. The van der Waals surface area contributed by atoms with Crippen LogP contribution >= 0.6 is 0 Å². The molecule has 2 amide bonds. The van der Waals surface area contributed by atoms with Crippen LogP contribution in [-0.4, -0.2) is 30.3 Å². The molecule has 0 saturated heterocycles. The molecule has 5 nitrogen and oxygen atoms in total. The third kappa shape index (κ3) is 5.64. The third-order valence-corrected chi connectivity index (χ3v) is 3.88. The van der Waals surface area contributed by atoms with Crippen LogP contribution in [0.25, 0.3) is 0 Å². The first-order chi connectivity index (χ1) is 11.8. The minimum absolute atomic E-state index is 0.0282. The van der Waals surface area contributed by atoms with Gasteiger partial charge in [0.25, 0.3) is 0 Å². The maximum atomic E-state index is 12.0. The van der Waals surface area contributed by atoms with Gasteiger partial charge in [-0.25, -0.2) is 0 Å². The monoisotopic (exact) mass is 340 g/mol. The van der Waals surface area contributed by atoms with Crippen LogP contribution < -0.4 is 10.1 Å². The number of ether oxygens (including phenoxy) is 1. The fourth-order valence-electron chi connectivity index (χ4n) is 2.35. The number of nitrogens with zero attached hydrogens (tertiary/aromatic N) is 1. The van der Waals surface area contributed by atoms with Crippen molar-refractivity contribution in [2.24, 2.45) is 0 Å². The number of carbonyl (C=O) groups is 2. The Balaban J connectivity index is 1.95. The summed E-state index contributed by atoms with van der Waals surface area (Å²) in [4.78, 5) is 24.5. The van der Waals surface area contributed by atoms with E-state index in [9.17, 15) is 9.59 Å². The van der Waals surface area contributed by atoms with Gasteiger partial charge >= 0.3 is 0 Å². The summed E-state index contributed by atoms with van der Waals surface area (Å²) < 4.78 is 5.82. The van der Waals surface area contributed by atoms with Gasteiger partial charge in [0.2, 0.25) is 11.8 Å². The maximum absolute atomic E-state index is 12.0. The normalized spacial score (nSPS) is 10.2. The predicted molar refractivity (Wildman–Crippen MR) is 98.6 cm³/mol. The number of amides is 2. The van der Waals surface area contributed by atoms with Crippen LogP contribution in [0.5, 0.6) is 5.75 Å². The number of rotatable bonds is 6. The summed E-state index contributed by atoms with van der Waals surface area (Å²) in [5.41, 5.74) is 3.93. The highest BCUT2D eigenvalue weighted by Crippen LogP contribution is 2.22. The fraction of sp³-hybridized carbons (Fsp3) is 0.300. The lowest BCUT2D eigenvalue weighted by Crippen LogP contribution is -2.33. The van der Waals surface area contributed by atoms with Gasteiger partial charge in [0.1, 0.15) is 12.4 Å². The Bertz CT molecular complexity index is 771. The second-order valence-electron chi connectivity index (χ2n) is 6.18. The SMILES string of the molecule is CC(=O)N(C)CC(=O)Nc1ccc(OCc2cccc(C)c2)cc1C. The van der Waals surface area contributed by atoms with Gasteiger partial charge in [-0.3, -0.25) is 9.59 Å². The van der Waals surface area contributed by atoms with Gasteiger partial charge in [0, 0.05) is 19.7 Å². The first-order valence-electron chi connectivity index (χ1n) is 8.15. The lowest BCUT2D eigenvalue weighted by Gasteiger charge is -2.16. The predicted octanol–water partition coefficient (Wildman–Crippen LogP) is 3.30. The number of carbonyl (C=O) groups excluding carboxylic acids is 2. The number of anilines is 1. The topological polar surface area (TPSA) is 58.6 Å². The lowest BCUT2D eigenvalue weighted by molar-refractivity contribution is -0.131. The Morgan fingerprint density at radius 2 is 1.88 bits per heavy atom. The first-order valence-corrected chi connectivity index (χ1v) is 8.15. The minimum atomic E-state index is -0.228. The average Bonchev–Trinajstić information content (AvgIpc) is 2.55. The van der Waals surface area contributed by atoms with E-state index in [4.69, 9.17) is 4.74 Å². The van der Waals surface area contributed by atoms with Crippen LogP contribution in [0.4, 0.5) is 5.69 Å². The molecule has 0 saturated carbocycles. The van der Waals surface area contributed by atoms with Crippen molar-refractivity contribution in [1.29, 1.82) is 0 Å². The van der Waals surface area contributed by atoms with E-state index in [1.54, 1.807) is 7.05 Å². The third-order valence-electron chi connectivity index (χ3n) is 3.88. The molecule has 25 heavy (non-hydrogen) atoms. The Kier molecular flexibility index (Phi) is 6.17. The van der Waals surface area contributed by atoms with E-state index in [0.717, 1.165) is 16.9 Å². The average molecular weight is 340 g/mol. The number of aryl methyl sites for hydroxylation is 2. The zero-order chi connectivity index (χ0) is 18.4. The van der Waals surface area contributed by atoms with Crippen molar-refractivity contribution >= 4 is 17.5 Å². The molecule has 5 heteroatoms. The Morgan fingerprint density at radius 3 is 2.52 bits per heavy atom. The first kappa shape index (κ1) is 18.5. The van der Waals surface area contributed by atoms with E-state index >= 15 is 0 Å². The molecule has 0 heterocycles. The van der Waals surface area contributed by atoms with Crippen LogP contribution in [0.15, 0.2) is 42.5 Å². The highest BCUT2D eigenvalue weighted by Gasteiger charge is 2.10. The summed E-state index contributed by atoms with van der Waals surface area (Å²) >= 11 is 0. The van der Waals surface area contributed by atoms with Gasteiger partial charge in [-0.05, 0) is 43.2 Å². The number of benzene rings is 2. The lowest BCUT2D eigenvalue weighted by atomic mass is 10.1. The van der Waals surface area contributed by atoms with Gasteiger partial charge < -0.3 is 15.0 Å². The van der Waals surface area contributed by atoms with Gasteiger partial charge in [-0.2, -0.15) is 0 Å². The summed E-state index contributed by atoms with van der Waals surface area (Å²) in [7, 11) is 1.59. The Hall–Kier alpha value is -2.82. The zero-order valence-corrected chi connectivity index (χ0v) is 15.1. The fourth-order valence-corrected chi connectivity index (χ4v) is 2.35. The molecule has 1 N–H and O–H groups in total. The van der Waals surface area contributed by atoms with Crippen LogP contribution in [0.2, 0.25) is 0 Å². The second kappa shape index (κ2) is 8.33. The van der Waals surface area contributed by atoms with E-state index < -0.39 is 0 Å². The van der Waals surface area contributed by atoms with Crippen LogP contribution in [0, 0.1) is 13.8 Å². The van der Waals surface area contributed by atoms with Crippen LogP contribution in [0.1, 0.15) is 23.6 Å². The molecule has 0 bridgehead atoms. The van der Waals surface area contributed by atoms with E-state index in [2.05, 4.69) is 24.4 Å². The number of hydrogen-bond acceptors (Lipinski definition) is 3. The minimum Gasteiger partial charge on any atom is -0.489 e. The van der Waals surface area contributed by atoms with Crippen molar-refractivity contribution in [3.05, 3.63) is 59.2 Å². The number of likely N-dealkylation sites (N-methyl/N-ethyl adjacent to an activating group) is 1. The molecule has 2 rings (SSSR count).